The minimum Gasteiger partial charge on any atom is -0.387 e. The molecule has 6 N–H and O–H groups in total. The van der Waals surface area contributed by atoms with E-state index >= 15 is 4.39 Å². The number of methoxy groups -OCH3 is 1. The lowest BCUT2D eigenvalue weighted by Crippen LogP contribution is -2.62. The van der Waals surface area contributed by atoms with Crippen molar-refractivity contribution >= 4 is 18.0 Å². The Kier molecular flexibility index (Phi) is 10.5. The molecule has 4 unspecified atom stereocenters. The smallest absolute Gasteiger partial charge is 0.228 e. The van der Waals surface area contributed by atoms with E-state index in [1.165, 1.54) is 12.4 Å². The van der Waals surface area contributed by atoms with Gasteiger partial charge in [-0.1, -0.05) is 19.3 Å². The summed E-state index contributed by atoms with van der Waals surface area (Å²) in [6.45, 7) is 3.54. The minimum absolute atomic E-state index is 0.0834. The maximum Gasteiger partial charge on any atom is 0.228 e. The van der Waals surface area contributed by atoms with E-state index in [9.17, 15) is 14.0 Å². The molecule has 10 nitrogen and oxygen atoms in total. The summed E-state index contributed by atoms with van der Waals surface area (Å²) in [5.74, 6) is -1.58. The van der Waals surface area contributed by atoms with Crippen molar-refractivity contribution in [1.29, 1.82) is 0 Å². The molecule has 1 saturated carbocycles. The molecule has 4 atom stereocenters. The number of nitrogens with two attached hydrogens (primary N) is 2. The first-order valence-corrected chi connectivity index (χ1v) is 16.0. The Labute approximate surface area is 253 Å². The number of nitrogens with zero attached hydrogens (tertiary/aromatic N) is 3. The van der Waals surface area contributed by atoms with Crippen LogP contribution in [0.1, 0.15) is 57.8 Å². The van der Waals surface area contributed by atoms with Gasteiger partial charge in [0.1, 0.15) is 11.7 Å². The number of carbonyl (C=O) groups excluding carboxylic acids is 2. The number of carbonyl (C=O) groups is 2. The number of piperidine rings is 1. The Morgan fingerprint density at radius 3 is 2.58 bits per heavy atom. The summed E-state index contributed by atoms with van der Waals surface area (Å²) < 4.78 is 35.1. The first-order chi connectivity index (χ1) is 20.7. The SMILES string of the molecule is COCC1CN(C(=O)C2CCN(C3C(F)=CNCC3NC(=O)C(C(N)N)C3CC4(C/C=C(F)\C=N/3)CCCCC4)CC2)C1. The summed E-state index contributed by atoms with van der Waals surface area (Å²) >= 11 is 0. The lowest BCUT2D eigenvalue weighted by Gasteiger charge is -2.45. The van der Waals surface area contributed by atoms with E-state index in [0.717, 1.165) is 45.2 Å². The average Bonchev–Trinajstić information content (AvgIpc) is 2.96. The third-order valence-electron chi connectivity index (χ3n) is 10.3. The Morgan fingerprint density at radius 2 is 1.91 bits per heavy atom. The minimum atomic E-state index is -1.02. The molecule has 0 aromatic carbocycles. The molecule has 1 aliphatic carbocycles. The molecule has 3 fully saturated rings. The predicted octanol–water partition coefficient (Wildman–Crippen LogP) is 1.97. The zero-order chi connectivity index (χ0) is 30.6. The van der Waals surface area contributed by atoms with Gasteiger partial charge in [0.25, 0.3) is 0 Å². The molecule has 2 saturated heterocycles. The van der Waals surface area contributed by atoms with E-state index in [2.05, 4.69) is 15.6 Å². The molecule has 0 aromatic heterocycles. The van der Waals surface area contributed by atoms with Crippen LogP contribution in [0.25, 0.3) is 0 Å². The van der Waals surface area contributed by atoms with Crippen LogP contribution in [0.5, 0.6) is 0 Å². The Hall–Kier alpha value is -2.41. The zero-order valence-corrected chi connectivity index (χ0v) is 25.4. The van der Waals surface area contributed by atoms with Crippen LogP contribution in [-0.2, 0) is 14.3 Å². The molecule has 4 aliphatic heterocycles. The molecular formula is C31H49F2N7O3. The van der Waals surface area contributed by atoms with Crippen LogP contribution in [0.15, 0.2) is 28.9 Å². The third kappa shape index (κ3) is 7.46. The zero-order valence-electron chi connectivity index (χ0n) is 25.4. The molecule has 12 heteroatoms. The topological polar surface area (TPSA) is 138 Å². The summed E-state index contributed by atoms with van der Waals surface area (Å²) in [6.07, 6.45) is 10.8. The molecule has 1 spiro atoms. The van der Waals surface area contributed by atoms with Gasteiger partial charge in [0.15, 0.2) is 0 Å². The number of likely N-dealkylation sites (tertiary alicyclic amines) is 2. The van der Waals surface area contributed by atoms with E-state index in [1.54, 1.807) is 13.2 Å². The van der Waals surface area contributed by atoms with Crippen LogP contribution in [0.2, 0.25) is 0 Å². The highest BCUT2D eigenvalue weighted by Gasteiger charge is 2.44. The highest BCUT2D eigenvalue weighted by molar-refractivity contribution is 5.82. The van der Waals surface area contributed by atoms with Crippen molar-refractivity contribution in [3.63, 3.8) is 0 Å². The van der Waals surface area contributed by atoms with Crippen LogP contribution in [0, 0.1) is 23.2 Å². The van der Waals surface area contributed by atoms with Gasteiger partial charge in [-0.05, 0) is 63.1 Å². The van der Waals surface area contributed by atoms with Crippen molar-refractivity contribution in [2.75, 3.05) is 46.4 Å². The molecule has 43 heavy (non-hydrogen) atoms. The molecular weight excluding hydrogens is 556 g/mol. The van der Waals surface area contributed by atoms with Crippen LogP contribution >= 0.6 is 0 Å². The van der Waals surface area contributed by atoms with E-state index in [-0.39, 0.29) is 23.1 Å². The molecule has 0 aromatic rings. The summed E-state index contributed by atoms with van der Waals surface area (Å²) in [4.78, 5) is 35.3. The van der Waals surface area contributed by atoms with Gasteiger partial charge in [0, 0.05) is 44.8 Å². The van der Waals surface area contributed by atoms with Gasteiger partial charge in [0.05, 0.1) is 43.0 Å². The van der Waals surface area contributed by atoms with Gasteiger partial charge in [0.2, 0.25) is 11.8 Å². The number of hydrogen-bond acceptors (Lipinski definition) is 8. The molecule has 0 bridgehead atoms. The van der Waals surface area contributed by atoms with Crippen LogP contribution in [-0.4, -0.2) is 98.6 Å². The highest BCUT2D eigenvalue weighted by atomic mass is 19.1. The van der Waals surface area contributed by atoms with Crippen LogP contribution in [0.3, 0.4) is 0 Å². The second kappa shape index (κ2) is 14.1. The maximum absolute atomic E-state index is 15.4. The van der Waals surface area contributed by atoms with Gasteiger partial charge < -0.3 is 31.7 Å². The van der Waals surface area contributed by atoms with Crippen molar-refractivity contribution in [2.24, 2.45) is 39.6 Å². The first kappa shape index (κ1) is 32.0. The molecule has 0 radical (unpaired) electrons. The van der Waals surface area contributed by atoms with Crippen molar-refractivity contribution in [2.45, 2.75) is 82.1 Å². The van der Waals surface area contributed by atoms with Gasteiger partial charge in [-0.3, -0.25) is 19.5 Å². The fraction of sp³-hybridized carbons (Fsp3) is 0.774. The molecule has 4 heterocycles. The summed E-state index contributed by atoms with van der Waals surface area (Å²) in [5, 5.41) is 6.00. The molecule has 5 rings (SSSR count). The largest absolute Gasteiger partial charge is 0.387 e. The third-order valence-corrected chi connectivity index (χ3v) is 10.3. The normalized spacial score (nSPS) is 31.6. The van der Waals surface area contributed by atoms with Crippen LogP contribution < -0.4 is 22.1 Å². The maximum atomic E-state index is 15.4. The van der Waals surface area contributed by atoms with E-state index in [1.807, 2.05) is 9.80 Å². The van der Waals surface area contributed by atoms with Crippen LogP contribution in [0.4, 0.5) is 8.78 Å². The number of aliphatic imine (C=N–C) groups is 1. The lowest BCUT2D eigenvalue weighted by atomic mass is 9.66. The van der Waals surface area contributed by atoms with Gasteiger partial charge in [-0.15, -0.1) is 0 Å². The first-order valence-electron chi connectivity index (χ1n) is 16.0. The number of ether oxygens (including phenoxy) is 1. The van der Waals surface area contributed by atoms with E-state index in [4.69, 9.17) is 16.2 Å². The Balaban J connectivity index is 1.24. The molecule has 240 valence electrons. The van der Waals surface area contributed by atoms with Gasteiger partial charge in [-0.25, -0.2) is 8.78 Å². The summed E-state index contributed by atoms with van der Waals surface area (Å²) in [7, 11) is 1.67. The monoisotopic (exact) mass is 605 g/mol. The van der Waals surface area contributed by atoms with E-state index < -0.39 is 41.9 Å². The quantitative estimate of drug-likeness (QED) is 0.311. The number of amides is 2. The summed E-state index contributed by atoms with van der Waals surface area (Å²) in [5.41, 5.74) is 12.3. The standard InChI is InChI=1S/C31H49F2N7O3/c1-43-19-20-17-40(18-20)30(42)21-6-11-39(12-7-21)27-23(33)15-36-16-25(27)38-29(41)26(28(34)35)24-13-31(8-3-2-4-9-31)10-5-22(32)14-37-24/h5,14-15,20-21,24-28,36H,2-4,6-13,16-19,34-35H2,1H3,(H,38,41)/b22-5+,37-14-. The number of nitrogens with one attached hydrogen (secondary N) is 2. The van der Waals surface area contributed by atoms with Crippen molar-refractivity contribution < 1.29 is 23.1 Å². The fourth-order valence-electron chi connectivity index (χ4n) is 7.93. The predicted molar refractivity (Wildman–Crippen MR) is 161 cm³/mol. The van der Waals surface area contributed by atoms with Gasteiger partial charge in [-0.2, -0.15) is 0 Å². The fourth-order valence-corrected chi connectivity index (χ4v) is 7.93. The van der Waals surface area contributed by atoms with E-state index in [0.29, 0.717) is 57.8 Å². The Bertz CT molecular complexity index is 1080. The van der Waals surface area contributed by atoms with Crippen molar-refractivity contribution in [3.8, 4) is 0 Å². The number of allylic oxidation sites excluding steroid dienone is 2. The number of halogens is 2. The second-order valence-electron chi connectivity index (χ2n) is 13.4. The molecule has 5 aliphatic rings. The summed E-state index contributed by atoms with van der Waals surface area (Å²) in [6, 6.07) is -1.83. The Morgan fingerprint density at radius 1 is 1.19 bits per heavy atom. The average molecular weight is 606 g/mol. The van der Waals surface area contributed by atoms with Crippen molar-refractivity contribution in [1.82, 2.24) is 20.4 Å². The second-order valence-corrected chi connectivity index (χ2v) is 13.4. The number of hydrogen-bond donors (Lipinski definition) is 4. The molecule has 2 amide bonds. The van der Waals surface area contributed by atoms with Gasteiger partial charge >= 0.3 is 0 Å². The number of rotatable bonds is 8. The highest BCUT2D eigenvalue weighted by Crippen LogP contribution is 2.46. The lowest BCUT2D eigenvalue weighted by molar-refractivity contribution is -0.145. The van der Waals surface area contributed by atoms with Crippen molar-refractivity contribution in [3.05, 3.63) is 23.9 Å².